The lowest BCUT2D eigenvalue weighted by Crippen LogP contribution is -2.29. The average Bonchev–Trinajstić information content (AvgIpc) is 3.11. The predicted octanol–water partition coefficient (Wildman–Crippen LogP) is 4.20. The predicted molar refractivity (Wildman–Crippen MR) is 108 cm³/mol. The number of non-ortho nitro benzene ring substituents is 1. The minimum Gasteiger partial charge on any atom is -0.448 e. The summed E-state index contributed by atoms with van der Waals surface area (Å²) >= 11 is 1.12. The third-order valence-electron chi connectivity index (χ3n) is 4.10. The van der Waals surface area contributed by atoms with Crippen LogP contribution in [0.1, 0.15) is 33.9 Å². The number of nitro benzene ring substituents is 1. The number of nitrogens with one attached hydrogen (secondary N) is 1. The van der Waals surface area contributed by atoms with Crippen molar-refractivity contribution in [1.29, 1.82) is 0 Å². The number of fused-ring (bicyclic) bond motifs is 1. The zero-order chi connectivity index (χ0) is 21.1. The van der Waals surface area contributed by atoms with Crippen LogP contribution in [-0.2, 0) is 9.53 Å². The van der Waals surface area contributed by atoms with Gasteiger partial charge in [-0.3, -0.25) is 19.7 Å². The number of nitro groups is 1. The van der Waals surface area contributed by atoms with Crippen LogP contribution in [0.3, 0.4) is 0 Å². The molecular weight excluding hydrogens is 396 g/mol. The third-order valence-corrected chi connectivity index (χ3v) is 5.20. The zero-order valence-electron chi connectivity index (χ0n) is 15.5. The third kappa shape index (κ3) is 4.64. The number of esters is 1. The summed E-state index contributed by atoms with van der Waals surface area (Å²) in [4.78, 5) is 46.7. The molecule has 0 aliphatic rings. The molecule has 148 valence electrons. The number of ketones is 1. The summed E-state index contributed by atoms with van der Waals surface area (Å²) in [5.74, 6) is -1.38. The number of anilines is 1. The molecule has 2 aromatic carbocycles. The first-order valence-corrected chi connectivity index (χ1v) is 9.37. The molecule has 3 rings (SSSR count). The van der Waals surface area contributed by atoms with Gasteiger partial charge in [-0.25, -0.2) is 4.79 Å². The van der Waals surface area contributed by atoms with Crippen molar-refractivity contribution in [3.05, 3.63) is 69.1 Å². The van der Waals surface area contributed by atoms with Crippen molar-refractivity contribution in [2.75, 3.05) is 5.32 Å². The second-order valence-electron chi connectivity index (χ2n) is 6.26. The SMILES string of the molecule is CC(=O)c1cccc(NC(=O)[C@H](C)OC(=O)c2cc3cc([N+](=O)[O-])ccc3s2)c1. The Balaban J connectivity index is 1.69. The van der Waals surface area contributed by atoms with Crippen LogP contribution in [0.25, 0.3) is 10.1 Å². The topological polar surface area (TPSA) is 116 Å². The van der Waals surface area contributed by atoms with Crippen LogP contribution in [0.15, 0.2) is 48.5 Å². The number of carbonyl (C=O) groups is 3. The quantitative estimate of drug-likeness (QED) is 0.281. The Labute approximate surface area is 169 Å². The lowest BCUT2D eigenvalue weighted by Gasteiger charge is -2.13. The molecule has 8 nitrogen and oxygen atoms in total. The number of Topliss-reactive ketones (excluding diaryl/α,β-unsaturated/α-hetero) is 1. The normalized spacial score (nSPS) is 11.7. The van der Waals surface area contributed by atoms with Crippen molar-refractivity contribution in [2.24, 2.45) is 0 Å². The van der Waals surface area contributed by atoms with Gasteiger partial charge in [0.1, 0.15) is 4.88 Å². The Bertz CT molecular complexity index is 1140. The average molecular weight is 412 g/mol. The number of benzene rings is 2. The molecule has 0 spiro atoms. The maximum Gasteiger partial charge on any atom is 0.349 e. The monoisotopic (exact) mass is 412 g/mol. The fraction of sp³-hybridized carbons (Fsp3) is 0.150. The van der Waals surface area contributed by atoms with Crippen molar-refractivity contribution in [3.63, 3.8) is 0 Å². The van der Waals surface area contributed by atoms with E-state index in [-0.39, 0.29) is 16.3 Å². The van der Waals surface area contributed by atoms with Crippen LogP contribution in [-0.4, -0.2) is 28.7 Å². The molecule has 1 atom stereocenters. The number of thiophene rings is 1. The Kier molecular flexibility index (Phi) is 5.69. The van der Waals surface area contributed by atoms with E-state index in [1.807, 2.05) is 0 Å². The van der Waals surface area contributed by atoms with Gasteiger partial charge >= 0.3 is 5.97 Å². The van der Waals surface area contributed by atoms with Gasteiger partial charge in [-0.05, 0) is 38.1 Å². The molecule has 9 heteroatoms. The van der Waals surface area contributed by atoms with Gasteiger partial charge in [0.05, 0.1) is 4.92 Å². The van der Waals surface area contributed by atoms with Crippen LogP contribution in [0.2, 0.25) is 0 Å². The van der Waals surface area contributed by atoms with Crippen molar-refractivity contribution in [2.45, 2.75) is 20.0 Å². The summed E-state index contributed by atoms with van der Waals surface area (Å²) in [5.41, 5.74) is 0.794. The van der Waals surface area contributed by atoms with E-state index in [1.54, 1.807) is 24.3 Å². The fourth-order valence-corrected chi connectivity index (χ4v) is 3.50. The maximum absolute atomic E-state index is 12.4. The summed E-state index contributed by atoms with van der Waals surface area (Å²) in [6.45, 7) is 2.85. The van der Waals surface area contributed by atoms with Gasteiger partial charge in [-0.1, -0.05) is 12.1 Å². The largest absolute Gasteiger partial charge is 0.448 e. The van der Waals surface area contributed by atoms with E-state index < -0.39 is 22.9 Å². The molecule has 1 aromatic heterocycles. The highest BCUT2D eigenvalue weighted by Crippen LogP contribution is 2.29. The van der Waals surface area contributed by atoms with Gasteiger partial charge in [0.2, 0.25) is 0 Å². The Morgan fingerprint density at radius 1 is 1.14 bits per heavy atom. The van der Waals surface area contributed by atoms with Crippen molar-refractivity contribution < 1.29 is 24.0 Å². The van der Waals surface area contributed by atoms with Gasteiger partial charge in [-0.15, -0.1) is 11.3 Å². The highest BCUT2D eigenvalue weighted by molar-refractivity contribution is 7.20. The molecule has 0 aliphatic heterocycles. The smallest absolute Gasteiger partial charge is 0.349 e. The van der Waals surface area contributed by atoms with Crippen LogP contribution in [0.5, 0.6) is 0 Å². The molecule has 3 aromatic rings. The second kappa shape index (κ2) is 8.19. The van der Waals surface area contributed by atoms with Crippen LogP contribution in [0, 0.1) is 10.1 Å². The summed E-state index contributed by atoms with van der Waals surface area (Å²) in [6.07, 6.45) is -1.08. The van der Waals surface area contributed by atoms with Gasteiger partial charge in [0.15, 0.2) is 11.9 Å². The lowest BCUT2D eigenvalue weighted by atomic mass is 10.1. The first-order valence-electron chi connectivity index (χ1n) is 8.55. The molecule has 1 N–H and O–H groups in total. The standard InChI is InChI=1S/C20H16N2O6S/c1-11(23)13-4-3-5-15(8-13)21-19(24)12(2)28-20(25)18-10-14-9-16(22(26)27)6-7-17(14)29-18/h3-10,12H,1-2H3,(H,21,24)/t12-/m0/s1. The van der Waals surface area contributed by atoms with Crippen LogP contribution >= 0.6 is 11.3 Å². The Morgan fingerprint density at radius 3 is 2.59 bits per heavy atom. The molecule has 0 saturated heterocycles. The van der Waals surface area contributed by atoms with Gasteiger partial charge < -0.3 is 10.1 Å². The maximum atomic E-state index is 12.4. The molecule has 0 radical (unpaired) electrons. The number of amides is 1. The number of nitrogens with zero attached hydrogens (tertiary/aromatic N) is 1. The van der Waals surface area contributed by atoms with E-state index in [9.17, 15) is 24.5 Å². The van der Waals surface area contributed by atoms with E-state index in [0.29, 0.717) is 21.3 Å². The molecule has 0 aliphatic carbocycles. The zero-order valence-corrected chi connectivity index (χ0v) is 16.3. The number of carbonyl (C=O) groups excluding carboxylic acids is 3. The summed E-state index contributed by atoms with van der Waals surface area (Å²) < 4.78 is 5.91. The number of rotatable bonds is 6. The van der Waals surface area contributed by atoms with E-state index in [4.69, 9.17) is 4.74 Å². The van der Waals surface area contributed by atoms with Crippen LogP contribution in [0.4, 0.5) is 11.4 Å². The number of hydrogen-bond donors (Lipinski definition) is 1. The number of hydrogen-bond acceptors (Lipinski definition) is 7. The minimum atomic E-state index is -1.08. The lowest BCUT2D eigenvalue weighted by molar-refractivity contribution is -0.384. The Hall–Kier alpha value is -3.59. The van der Waals surface area contributed by atoms with E-state index in [1.165, 1.54) is 38.1 Å². The molecule has 0 bridgehead atoms. The Morgan fingerprint density at radius 2 is 1.90 bits per heavy atom. The van der Waals surface area contributed by atoms with E-state index in [2.05, 4.69) is 5.32 Å². The molecule has 0 unspecified atom stereocenters. The van der Waals surface area contributed by atoms with Gasteiger partial charge in [-0.2, -0.15) is 0 Å². The minimum absolute atomic E-state index is 0.0734. The first-order chi connectivity index (χ1) is 13.7. The van der Waals surface area contributed by atoms with Crippen molar-refractivity contribution in [1.82, 2.24) is 0 Å². The summed E-state index contributed by atoms with van der Waals surface area (Å²) in [5, 5.41) is 14.0. The van der Waals surface area contributed by atoms with E-state index >= 15 is 0 Å². The fourth-order valence-electron chi connectivity index (χ4n) is 2.58. The highest BCUT2D eigenvalue weighted by atomic mass is 32.1. The van der Waals surface area contributed by atoms with Crippen molar-refractivity contribution in [3.8, 4) is 0 Å². The highest BCUT2D eigenvalue weighted by Gasteiger charge is 2.21. The molecule has 29 heavy (non-hydrogen) atoms. The van der Waals surface area contributed by atoms with Crippen molar-refractivity contribution >= 4 is 50.5 Å². The molecule has 1 heterocycles. The molecular formula is C20H16N2O6S. The van der Waals surface area contributed by atoms with Gasteiger partial charge in [0.25, 0.3) is 11.6 Å². The summed E-state index contributed by atoms with van der Waals surface area (Å²) in [7, 11) is 0. The second-order valence-corrected chi connectivity index (χ2v) is 7.35. The van der Waals surface area contributed by atoms with Crippen LogP contribution < -0.4 is 5.32 Å². The van der Waals surface area contributed by atoms with Gasteiger partial charge in [0, 0.05) is 33.5 Å². The molecule has 1 amide bonds. The van der Waals surface area contributed by atoms with E-state index in [0.717, 1.165) is 11.3 Å². The first kappa shape index (κ1) is 20.2. The molecule has 0 saturated carbocycles. The molecule has 0 fully saturated rings. The number of ether oxygens (including phenoxy) is 1. The summed E-state index contributed by atoms with van der Waals surface area (Å²) in [6, 6.07) is 12.2.